The number of hydrogen-bond acceptors (Lipinski definition) is 2. The number of sulfonamides is 1. The Morgan fingerprint density at radius 3 is 2.18 bits per heavy atom. The zero-order valence-corrected chi connectivity index (χ0v) is 10.4. The standard InChI is InChI=1S/C12H10ClNO2S/c13-12-8-10(17(14,15)16)6-7-11(12)9-4-2-1-3-5-9/h1-8H,(H2,14,15,16). The van der Waals surface area contributed by atoms with Crippen LogP contribution in [0.3, 0.4) is 0 Å². The lowest BCUT2D eigenvalue weighted by Crippen LogP contribution is -2.11. The van der Waals surface area contributed by atoms with Crippen LogP contribution in [0.4, 0.5) is 0 Å². The van der Waals surface area contributed by atoms with Gasteiger partial charge in [0.05, 0.1) is 4.90 Å². The van der Waals surface area contributed by atoms with Crippen molar-refractivity contribution >= 4 is 21.6 Å². The average Bonchev–Trinajstić information content (AvgIpc) is 2.29. The van der Waals surface area contributed by atoms with Gasteiger partial charge in [-0.3, -0.25) is 0 Å². The fourth-order valence-corrected chi connectivity index (χ4v) is 2.42. The first-order valence-corrected chi connectivity index (χ1v) is 6.79. The number of hydrogen-bond donors (Lipinski definition) is 1. The molecule has 0 amide bonds. The van der Waals surface area contributed by atoms with Crippen molar-refractivity contribution in [2.75, 3.05) is 0 Å². The second-order valence-corrected chi connectivity index (χ2v) is 5.52. The van der Waals surface area contributed by atoms with Crippen molar-refractivity contribution in [3.8, 4) is 11.1 Å². The van der Waals surface area contributed by atoms with Crippen LogP contribution in [0.1, 0.15) is 0 Å². The van der Waals surface area contributed by atoms with E-state index in [2.05, 4.69) is 0 Å². The molecule has 2 N–H and O–H groups in total. The molecular weight excluding hydrogens is 258 g/mol. The highest BCUT2D eigenvalue weighted by molar-refractivity contribution is 7.89. The Labute approximate surface area is 105 Å². The minimum absolute atomic E-state index is 0.0159. The lowest BCUT2D eigenvalue weighted by atomic mass is 10.1. The Kier molecular flexibility index (Phi) is 3.19. The molecule has 0 saturated carbocycles. The quantitative estimate of drug-likeness (QED) is 0.909. The molecule has 0 aliphatic carbocycles. The van der Waals surface area contributed by atoms with E-state index in [1.54, 1.807) is 6.07 Å². The van der Waals surface area contributed by atoms with E-state index >= 15 is 0 Å². The normalized spacial score (nSPS) is 11.4. The molecule has 0 aliphatic rings. The largest absolute Gasteiger partial charge is 0.238 e. The number of primary sulfonamides is 1. The summed E-state index contributed by atoms with van der Waals surface area (Å²) in [6.07, 6.45) is 0. The molecule has 0 fully saturated rings. The first kappa shape index (κ1) is 12.1. The molecule has 88 valence electrons. The Bertz CT molecular complexity index is 639. The lowest BCUT2D eigenvalue weighted by molar-refractivity contribution is 0.598. The average molecular weight is 268 g/mol. The predicted molar refractivity (Wildman–Crippen MR) is 68.3 cm³/mol. The molecule has 3 nitrogen and oxygen atoms in total. The summed E-state index contributed by atoms with van der Waals surface area (Å²) in [4.78, 5) is 0.0159. The van der Waals surface area contributed by atoms with E-state index in [1.807, 2.05) is 30.3 Å². The first-order valence-electron chi connectivity index (χ1n) is 4.86. The highest BCUT2D eigenvalue weighted by atomic mass is 35.5. The third-order valence-corrected chi connectivity index (χ3v) is 3.58. The summed E-state index contributed by atoms with van der Waals surface area (Å²) in [6.45, 7) is 0. The third-order valence-electron chi connectivity index (χ3n) is 2.35. The number of nitrogens with two attached hydrogens (primary N) is 1. The van der Waals surface area contributed by atoms with Crippen molar-refractivity contribution in [3.63, 3.8) is 0 Å². The fourth-order valence-electron chi connectivity index (χ4n) is 1.52. The molecule has 2 aromatic rings. The Hall–Kier alpha value is -1.36. The van der Waals surface area contributed by atoms with Crippen LogP contribution in [0, 0.1) is 0 Å². The number of halogens is 1. The third kappa shape index (κ3) is 2.66. The molecule has 0 aromatic heterocycles. The molecule has 0 atom stereocenters. The number of benzene rings is 2. The van der Waals surface area contributed by atoms with Gasteiger partial charge >= 0.3 is 0 Å². The van der Waals surface area contributed by atoms with Gasteiger partial charge in [-0.05, 0) is 17.7 Å². The van der Waals surface area contributed by atoms with Crippen LogP contribution in [0.2, 0.25) is 5.02 Å². The van der Waals surface area contributed by atoms with Gasteiger partial charge in [-0.15, -0.1) is 0 Å². The molecule has 0 saturated heterocycles. The summed E-state index contributed by atoms with van der Waals surface area (Å²) in [6, 6.07) is 13.9. The van der Waals surface area contributed by atoms with Crippen LogP contribution < -0.4 is 5.14 Å². The SMILES string of the molecule is NS(=O)(=O)c1ccc(-c2ccccc2)c(Cl)c1. The molecular formula is C12H10ClNO2S. The van der Waals surface area contributed by atoms with Crippen LogP contribution >= 0.6 is 11.6 Å². The van der Waals surface area contributed by atoms with E-state index in [0.717, 1.165) is 11.1 Å². The molecule has 0 unspecified atom stereocenters. The summed E-state index contributed by atoms with van der Waals surface area (Å²) in [5, 5.41) is 5.39. The first-order chi connectivity index (χ1) is 7.98. The van der Waals surface area contributed by atoms with Crippen molar-refractivity contribution in [1.29, 1.82) is 0 Å². The van der Waals surface area contributed by atoms with Crippen molar-refractivity contribution in [1.82, 2.24) is 0 Å². The van der Waals surface area contributed by atoms with E-state index < -0.39 is 10.0 Å². The monoisotopic (exact) mass is 267 g/mol. The minimum Gasteiger partial charge on any atom is -0.225 e. The minimum atomic E-state index is -3.71. The van der Waals surface area contributed by atoms with Gasteiger partial charge in [0.1, 0.15) is 0 Å². The van der Waals surface area contributed by atoms with Crippen molar-refractivity contribution < 1.29 is 8.42 Å². The summed E-state index contributed by atoms with van der Waals surface area (Å²) < 4.78 is 22.3. The van der Waals surface area contributed by atoms with E-state index in [9.17, 15) is 8.42 Å². The molecule has 0 heterocycles. The highest BCUT2D eigenvalue weighted by Crippen LogP contribution is 2.29. The highest BCUT2D eigenvalue weighted by Gasteiger charge is 2.11. The summed E-state index contributed by atoms with van der Waals surface area (Å²) in [5.74, 6) is 0. The van der Waals surface area contributed by atoms with Gasteiger partial charge < -0.3 is 0 Å². The zero-order chi connectivity index (χ0) is 12.5. The smallest absolute Gasteiger partial charge is 0.225 e. The van der Waals surface area contributed by atoms with Gasteiger partial charge in [0.15, 0.2) is 0 Å². The molecule has 0 spiro atoms. The molecule has 0 bridgehead atoms. The summed E-state index contributed by atoms with van der Waals surface area (Å²) >= 11 is 6.05. The maximum Gasteiger partial charge on any atom is 0.238 e. The van der Waals surface area contributed by atoms with E-state index in [-0.39, 0.29) is 4.90 Å². The molecule has 0 aliphatic heterocycles. The fraction of sp³-hybridized carbons (Fsp3) is 0. The van der Waals surface area contributed by atoms with Gasteiger partial charge in [0, 0.05) is 10.6 Å². The van der Waals surface area contributed by atoms with Gasteiger partial charge in [-0.1, -0.05) is 48.0 Å². The maximum atomic E-state index is 11.2. The number of rotatable bonds is 2. The van der Waals surface area contributed by atoms with Gasteiger partial charge in [-0.2, -0.15) is 0 Å². The maximum absolute atomic E-state index is 11.2. The van der Waals surface area contributed by atoms with Crippen LogP contribution in [0.25, 0.3) is 11.1 Å². The summed E-state index contributed by atoms with van der Waals surface area (Å²) in [5.41, 5.74) is 1.71. The molecule has 17 heavy (non-hydrogen) atoms. The van der Waals surface area contributed by atoms with Crippen LogP contribution in [-0.4, -0.2) is 8.42 Å². The predicted octanol–water partition coefficient (Wildman–Crippen LogP) is 2.65. The summed E-state index contributed by atoms with van der Waals surface area (Å²) in [7, 11) is -3.71. The molecule has 5 heteroatoms. The molecule has 0 radical (unpaired) electrons. The molecule has 2 aromatic carbocycles. The molecule has 2 rings (SSSR count). The Morgan fingerprint density at radius 1 is 1.00 bits per heavy atom. The van der Waals surface area contributed by atoms with E-state index in [0.29, 0.717) is 5.02 Å². The van der Waals surface area contributed by atoms with Gasteiger partial charge in [0.2, 0.25) is 10.0 Å². The second-order valence-electron chi connectivity index (χ2n) is 3.55. The Balaban J connectivity index is 2.54. The van der Waals surface area contributed by atoms with Crippen molar-refractivity contribution in [3.05, 3.63) is 53.6 Å². The van der Waals surface area contributed by atoms with Crippen molar-refractivity contribution in [2.24, 2.45) is 5.14 Å². The van der Waals surface area contributed by atoms with Gasteiger partial charge in [-0.25, -0.2) is 13.6 Å². The van der Waals surface area contributed by atoms with E-state index in [4.69, 9.17) is 16.7 Å². The van der Waals surface area contributed by atoms with E-state index in [1.165, 1.54) is 12.1 Å². The van der Waals surface area contributed by atoms with Crippen LogP contribution in [0.15, 0.2) is 53.4 Å². The zero-order valence-electron chi connectivity index (χ0n) is 8.80. The lowest BCUT2D eigenvalue weighted by Gasteiger charge is -2.06. The van der Waals surface area contributed by atoms with Crippen LogP contribution in [-0.2, 0) is 10.0 Å². The Morgan fingerprint density at radius 2 is 1.65 bits per heavy atom. The van der Waals surface area contributed by atoms with Gasteiger partial charge in [0.25, 0.3) is 0 Å². The van der Waals surface area contributed by atoms with Crippen molar-refractivity contribution in [2.45, 2.75) is 4.90 Å². The van der Waals surface area contributed by atoms with Crippen LogP contribution in [0.5, 0.6) is 0 Å². The topological polar surface area (TPSA) is 60.2 Å². The second kappa shape index (κ2) is 4.49.